The maximum Gasteiger partial charge on any atom is 0.249 e. The van der Waals surface area contributed by atoms with E-state index in [1.807, 2.05) is 6.20 Å². The number of halogens is 1. The lowest BCUT2D eigenvalue weighted by Gasteiger charge is -2.22. The van der Waals surface area contributed by atoms with Gasteiger partial charge in [-0.3, -0.25) is 4.79 Å². The van der Waals surface area contributed by atoms with Crippen molar-refractivity contribution in [3.05, 3.63) is 47.5 Å². The number of benzene rings is 1. The maximum atomic E-state index is 13.2. The molecule has 0 radical (unpaired) electrons. The third-order valence-electron chi connectivity index (χ3n) is 4.67. The van der Waals surface area contributed by atoms with Crippen LogP contribution >= 0.6 is 0 Å². The van der Waals surface area contributed by atoms with Crippen molar-refractivity contribution in [3.63, 3.8) is 0 Å². The second kappa shape index (κ2) is 5.76. The molecule has 2 aliphatic rings. The van der Waals surface area contributed by atoms with Crippen LogP contribution in [0.4, 0.5) is 4.39 Å². The molecule has 1 heterocycles. The van der Waals surface area contributed by atoms with Crippen LogP contribution in [0.3, 0.4) is 0 Å². The van der Waals surface area contributed by atoms with Gasteiger partial charge in [-0.15, -0.1) is 5.10 Å². The molecule has 1 N–H and O–H groups in total. The molecule has 120 valence electrons. The fourth-order valence-corrected chi connectivity index (χ4v) is 2.88. The normalized spacial score (nSPS) is 19.2. The van der Waals surface area contributed by atoms with Crippen LogP contribution in [0.25, 0.3) is 0 Å². The molecule has 2 saturated carbocycles. The van der Waals surface area contributed by atoms with E-state index in [1.165, 1.54) is 18.6 Å². The average molecular weight is 314 g/mol. The third-order valence-corrected chi connectivity index (χ3v) is 4.67. The first kappa shape index (κ1) is 14.4. The summed E-state index contributed by atoms with van der Waals surface area (Å²) in [6, 6.07) is 5.68. The molecule has 2 aliphatic carbocycles. The van der Waals surface area contributed by atoms with Crippen LogP contribution in [-0.4, -0.2) is 26.9 Å². The summed E-state index contributed by atoms with van der Waals surface area (Å²) in [5.41, 5.74) is 1.66. The number of aromatic nitrogens is 3. The minimum atomic E-state index is -0.600. The van der Waals surface area contributed by atoms with Crippen LogP contribution in [0.1, 0.15) is 55.3 Å². The molecule has 1 aromatic carbocycles. The summed E-state index contributed by atoms with van der Waals surface area (Å²) in [4.78, 5) is 12.6. The van der Waals surface area contributed by atoms with Crippen LogP contribution in [0, 0.1) is 5.82 Å². The molecule has 0 spiro atoms. The highest BCUT2D eigenvalue weighted by atomic mass is 19.1. The van der Waals surface area contributed by atoms with E-state index < -0.39 is 6.04 Å². The van der Waals surface area contributed by atoms with Crippen LogP contribution in [0.2, 0.25) is 0 Å². The maximum absolute atomic E-state index is 13.2. The van der Waals surface area contributed by atoms with Crippen molar-refractivity contribution in [2.45, 2.75) is 50.1 Å². The van der Waals surface area contributed by atoms with E-state index >= 15 is 0 Å². The highest BCUT2D eigenvalue weighted by molar-refractivity contribution is 5.84. The Hall–Kier alpha value is -2.24. The van der Waals surface area contributed by atoms with Crippen molar-refractivity contribution >= 4 is 5.91 Å². The van der Waals surface area contributed by atoms with Gasteiger partial charge >= 0.3 is 0 Å². The van der Waals surface area contributed by atoms with Gasteiger partial charge in [0.05, 0.1) is 11.9 Å². The van der Waals surface area contributed by atoms with E-state index in [-0.39, 0.29) is 17.8 Å². The second-order valence-electron chi connectivity index (χ2n) is 6.49. The number of nitrogens with zero attached hydrogens (tertiary/aromatic N) is 3. The Balaban J connectivity index is 1.64. The predicted molar refractivity (Wildman–Crippen MR) is 82.3 cm³/mol. The van der Waals surface area contributed by atoms with Crippen LogP contribution < -0.4 is 5.32 Å². The van der Waals surface area contributed by atoms with Gasteiger partial charge < -0.3 is 5.32 Å². The molecule has 1 amide bonds. The van der Waals surface area contributed by atoms with E-state index in [2.05, 4.69) is 15.6 Å². The molecule has 0 aliphatic heterocycles. The first-order valence-electron chi connectivity index (χ1n) is 8.18. The Bertz CT molecular complexity index is 704. The van der Waals surface area contributed by atoms with E-state index in [9.17, 15) is 9.18 Å². The van der Waals surface area contributed by atoms with Gasteiger partial charge in [-0.2, -0.15) is 0 Å². The molecule has 0 saturated heterocycles. The first-order valence-corrected chi connectivity index (χ1v) is 8.18. The standard InChI is InChI=1S/C17H19FN4O/c18-13-6-4-12(5-7-13)16(17(23)19-14-8-9-14)22-10-15(20-21-22)11-2-1-3-11/h4-7,10-11,14,16H,1-3,8-9H2,(H,19,23). The predicted octanol–water partition coefficient (Wildman–Crippen LogP) is 2.55. The molecular formula is C17H19FN4O. The van der Waals surface area contributed by atoms with Gasteiger partial charge in [0.1, 0.15) is 5.82 Å². The molecule has 0 bridgehead atoms. The minimum Gasteiger partial charge on any atom is -0.351 e. The summed E-state index contributed by atoms with van der Waals surface area (Å²) in [6.45, 7) is 0. The van der Waals surface area contributed by atoms with Crippen molar-refractivity contribution in [1.29, 1.82) is 0 Å². The van der Waals surface area contributed by atoms with Gasteiger partial charge in [0.25, 0.3) is 0 Å². The number of carbonyl (C=O) groups is 1. The van der Waals surface area contributed by atoms with E-state index in [4.69, 9.17) is 0 Å². The molecule has 2 fully saturated rings. The molecule has 2 aromatic rings. The molecule has 1 aromatic heterocycles. The molecule has 5 nitrogen and oxygen atoms in total. The zero-order chi connectivity index (χ0) is 15.8. The van der Waals surface area contributed by atoms with Gasteiger partial charge in [-0.1, -0.05) is 23.8 Å². The van der Waals surface area contributed by atoms with Gasteiger partial charge in [0, 0.05) is 12.0 Å². The summed E-state index contributed by atoms with van der Waals surface area (Å²) >= 11 is 0. The van der Waals surface area contributed by atoms with Crippen molar-refractivity contribution in [2.75, 3.05) is 0 Å². The van der Waals surface area contributed by atoms with Gasteiger partial charge in [0.15, 0.2) is 6.04 Å². The lowest BCUT2D eigenvalue weighted by atomic mass is 9.83. The number of amides is 1. The smallest absolute Gasteiger partial charge is 0.249 e. The van der Waals surface area contributed by atoms with Crippen LogP contribution in [-0.2, 0) is 4.79 Å². The zero-order valence-corrected chi connectivity index (χ0v) is 12.8. The van der Waals surface area contributed by atoms with Crippen molar-refractivity contribution in [3.8, 4) is 0 Å². The zero-order valence-electron chi connectivity index (χ0n) is 12.8. The van der Waals surface area contributed by atoms with Crippen molar-refractivity contribution < 1.29 is 9.18 Å². The quantitative estimate of drug-likeness (QED) is 0.922. The monoisotopic (exact) mass is 314 g/mol. The summed E-state index contributed by atoms with van der Waals surface area (Å²) in [5.74, 6) is 0.0390. The minimum absolute atomic E-state index is 0.107. The Labute approximate surface area is 133 Å². The number of rotatable bonds is 5. The first-order chi connectivity index (χ1) is 11.2. The second-order valence-corrected chi connectivity index (χ2v) is 6.49. The van der Waals surface area contributed by atoms with Crippen LogP contribution in [0.15, 0.2) is 30.5 Å². The highest BCUT2D eigenvalue weighted by Crippen LogP contribution is 2.35. The molecule has 4 rings (SSSR count). The number of hydrogen-bond donors (Lipinski definition) is 1. The summed E-state index contributed by atoms with van der Waals surface area (Å²) in [7, 11) is 0. The fraction of sp³-hybridized carbons (Fsp3) is 0.471. The van der Waals surface area contributed by atoms with Crippen LogP contribution in [0.5, 0.6) is 0 Å². The topological polar surface area (TPSA) is 59.8 Å². The molecule has 1 atom stereocenters. The lowest BCUT2D eigenvalue weighted by Crippen LogP contribution is -2.35. The number of hydrogen-bond acceptors (Lipinski definition) is 3. The van der Waals surface area contributed by atoms with Crippen molar-refractivity contribution in [2.24, 2.45) is 0 Å². The van der Waals surface area contributed by atoms with E-state index in [0.717, 1.165) is 36.9 Å². The third kappa shape index (κ3) is 2.98. The number of nitrogens with one attached hydrogen (secondary N) is 1. The molecule has 6 heteroatoms. The summed E-state index contributed by atoms with van der Waals surface area (Å²) in [6.07, 6.45) is 7.40. The summed E-state index contributed by atoms with van der Waals surface area (Å²) in [5, 5.41) is 11.4. The SMILES string of the molecule is O=C(NC1CC1)C(c1ccc(F)cc1)n1cc(C2CCC2)nn1. The van der Waals surface area contributed by atoms with E-state index in [1.54, 1.807) is 16.8 Å². The Morgan fingerprint density at radius 3 is 2.57 bits per heavy atom. The average Bonchev–Trinajstić information content (AvgIpc) is 3.17. The lowest BCUT2D eigenvalue weighted by molar-refractivity contribution is -0.123. The van der Waals surface area contributed by atoms with E-state index in [0.29, 0.717) is 5.92 Å². The largest absolute Gasteiger partial charge is 0.351 e. The van der Waals surface area contributed by atoms with Gasteiger partial charge in [0.2, 0.25) is 5.91 Å². The number of carbonyl (C=O) groups excluding carboxylic acids is 1. The Morgan fingerprint density at radius 2 is 1.96 bits per heavy atom. The highest BCUT2D eigenvalue weighted by Gasteiger charge is 2.31. The van der Waals surface area contributed by atoms with Gasteiger partial charge in [-0.05, 0) is 43.4 Å². The fourth-order valence-electron chi connectivity index (χ4n) is 2.88. The molecule has 1 unspecified atom stereocenters. The Kier molecular flexibility index (Phi) is 3.59. The summed E-state index contributed by atoms with van der Waals surface area (Å²) < 4.78 is 14.8. The Morgan fingerprint density at radius 1 is 1.22 bits per heavy atom. The van der Waals surface area contributed by atoms with Crippen molar-refractivity contribution in [1.82, 2.24) is 20.3 Å². The van der Waals surface area contributed by atoms with Gasteiger partial charge in [-0.25, -0.2) is 9.07 Å². The molecule has 23 heavy (non-hydrogen) atoms. The molecular weight excluding hydrogens is 295 g/mol.